The molecular formula is C24H27N5OS. The van der Waals surface area contributed by atoms with Gasteiger partial charge in [0.25, 0.3) is 5.56 Å². The van der Waals surface area contributed by atoms with Crippen LogP contribution in [0, 0.1) is 6.92 Å². The number of aromatic nitrogens is 4. The van der Waals surface area contributed by atoms with Crippen LogP contribution in [0.3, 0.4) is 0 Å². The van der Waals surface area contributed by atoms with E-state index in [0.717, 1.165) is 47.4 Å². The molecular weight excluding hydrogens is 406 g/mol. The Kier molecular flexibility index (Phi) is 5.24. The van der Waals surface area contributed by atoms with E-state index in [4.69, 9.17) is 0 Å². The smallest absolute Gasteiger partial charge is 0.262 e. The summed E-state index contributed by atoms with van der Waals surface area (Å²) in [4.78, 5) is 27.0. The Bertz CT molecular complexity index is 1280. The summed E-state index contributed by atoms with van der Waals surface area (Å²) in [5.74, 6) is 1.07. The van der Waals surface area contributed by atoms with Crippen molar-refractivity contribution >= 4 is 21.6 Å². The maximum absolute atomic E-state index is 13.3. The molecule has 3 heterocycles. The van der Waals surface area contributed by atoms with Crippen molar-refractivity contribution in [1.29, 1.82) is 0 Å². The van der Waals surface area contributed by atoms with E-state index in [-0.39, 0.29) is 5.56 Å². The lowest BCUT2D eigenvalue weighted by molar-refractivity contribution is 0.209. The molecule has 0 amide bonds. The van der Waals surface area contributed by atoms with Crippen molar-refractivity contribution in [2.75, 3.05) is 7.05 Å². The fourth-order valence-corrected chi connectivity index (χ4v) is 5.71. The highest BCUT2D eigenvalue weighted by molar-refractivity contribution is 7.18. The van der Waals surface area contributed by atoms with Crippen LogP contribution in [-0.2, 0) is 33.0 Å². The minimum absolute atomic E-state index is 0.0860. The van der Waals surface area contributed by atoms with Crippen molar-refractivity contribution in [3.63, 3.8) is 0 Å². The lowest BCUT2D eigenvalue weighted by atomic mass is 9.92. The summed E-state index contributed by atoms with van der Waals surface area (Å²) in [5.41, 5.74) is 3.65. The Morgan fingerprint density at radius 3 is 2.77 bits per heavy atom. The van der Waals surface area contributed by atoms with E-state index in [9.17, 15) is 4.79 Å². The zero-order valence-electron chi connectivity index (χ0n) is 18.2. The predicted molar refractivity (Wildman–Crippen MR) is 125 cm³/mol. The summed E-state index contributed by atoms with van der Waals surface area (Å²) in [5, 5.41) is 0.833. The van der Waals surface area contributed by atoms with Crippen molar-refractivity contribution < 1.29 is 0 Å². The van der Waals surface area contributed by atoms with E-state index in [1.54, 1.807) is 22.2 Å². The fourth-order valence-electron chi connectivity index (χ4n) is 4.46. The summed E-state index contributed by atoms with van der Waals surface area (Å²) in [6.45, 7) is 3.46. The first kappa shape index (κ1) is 20.2. The van der Waals surface area contributed by atoms with Gasteiger partial charge in [0.2, 0.25) is 0 Å². The van der Waals surface area contributed by atoms with Crippen molar-refractivity contribution in [3.8, 4) is 0 Å². The summed E-state index contributed by atoms with van der Waals surface area (Å²) >= 11 is 1.69. The van der Waals surface area contributed by atoms with Crippen molar-refractivity contribution in [3.05, 3.63) is 80.7 Å². The van der Waals surface area contributed by atoms with E-state index in [1.165, 1.54) is 16.0 Å². The molecule has 1 unspecified atom stereocenters. The molecule has 5 rings (SSSR count). The summed E-state index contributed by atoms with van der Waals surface area (Å²) in [6.07, 6.45) is 8.48. The molecule has 1 atom stereocenters. The molecule has 1 aliphatic rings. The first-order valence-electron chi connectivity index (χ1n) is 10.7. The number of aryl methyl sites for hydroxylation is 3. The maximum atomic E-state index is 13.3. The molecule has 1 aromatic carbocycles. The Morgan fingerprint density at radius 2 is 2.03 bits per heavy atom. The van der Waals surface area contributed by atoms with Crippen LogP contribution < -0.4 is 5.56 Å². The van der Waals surface area contributed by atoms with Crippen molar-refractivity contribution in [2.45, 2.75) is 45.3 Å². The van der Waals surface area contributed by atoms with Gasteiger partial charge in [0, 0.05) is 30.4 Å². The summed E-state index contributed by atoms with van der Waals surface area (Å²) < 4.78 is 3.82. The number of thiophene rings is 1. The second-order valence-electron chi connectivity index (χ2n) is 8.61. The van der Waals surface area contributed by atoms with Gasteiger partial charge in [-0.3, -0.25) is 14.3 Å². The second-order valence-corrected chi connectivity index (χ2v) is 9.70. The highest BCUT2D eigenvalue weighted by Gasteiger charge is 2.27. The molecule has 0 spiro atoms. The molecule has 6 nitrogen and oxygen atoms in total. The third-order valence-corrected chi connectivity index (χ3v) is 7.58. The monoisotopic (exact) mass is 433 g/mol. The molecule has 7 heteroatoms. The largest absolute Gasteiger partial charge is 0.337 e. The van der Waals surface area contributed by atoms with Gasteiger partial charge in [0.1, 0.15) is 10.7 Å². The minimum Gasteiger partial charge on any atom is -0.337 e. The van der Waals surface area contributed by atoms with E-state index < -0.39 is 0 Å². The van der Waals surface area contributed by atoms with Gasteiger partial charge in [-0.2, -0.15) is 0 Å². The maximum Gasteiger partial charge on any atom is 0.262 e. The molecule has 0 saturated heterocycles. The number of benzene rings is 1. The van der Waals surface area contributed by atoms with Crippen LogP contribution in [0.1, 0.15) is 33.8 Å². The topological polar surface area (TPSA) is 56.0 Å². The third kappa shape index (κ3) is 3.83. The van der Waals surface area contributed by atoms with E-state index in [0.29, 0.717) is 12.6 Å². The van der Waals surface area contributed by atoms with Gasteiger partial charge in [0.15, 0.2) is 0 Å². The van der Waals surface area contributed by atoms with E-state index in [1.807, 2.05) is 19.4 Å². The third-order valence-electron chi connectivity index (χ3n) is 6.42. The zero-order chi connectivity index (χ0) is 21.5. The Morgan fingerprint density at radius 1 is 1.23 bits per heavy atom. The van der Waals surface area contributed by atoms with Gasteiger partial charge < -0.3 is 4.57 Å². The predicted octanol–water partition coefficient (Wildman–Crippen LogP) is 3.54. The number of rotatable bonds is 5. The molecule has 31 heavy (non-hydrogen) atoms. The minimum atomic E-state index is 0.0860. The van der Waals surface area contributed by atoms with Gasteiger partial charge in [-0.05, 0) is 44.4 Å². The van der Waals surface area contributed by atoms with Crippen molar-refractivity contribution in [1.82, 2.24) is 24.0 Å². The van der Waals surface area contributed by atoms with Gasteiger partial charge in [0.05, 0.1) is 24.8 Å². The zero-order valence-corrected chi connectivity index (χ0v) is 19.0. The standard InChI is InChI=1S/C24H27N5OS/c1-16-4-6-17(7-5-16)13-29-15-26-23-22(24(29)30)19-9-8-18(12-20(19)31-23)28(3)14-21-25-10-11-27(21)2/h4-7,10-11,15,18H,8-9,12-14H2,1-3H3. The van der Waals surface area contributed by atoms with Crippen LogP contribution in [-0.4, -0.2) is 37.1 Å². The number of hydrogen-bond acceptors (Lipinski definition) is 5. The molecule has 0 aliphatic heterocycles. The van der Waals surface area contributed by atoms with Gasteiger partial charge >= 0.3 is 0 Å². The Balaban J connectivity index is 1.40. The highest BCUT2D eigenvalue weighted by atomic mass is 32.1. The quantitative estimate of drug-likeness (QED) is 0.483. The van der Waals surface area contributed by atoms with Crippen LogP contribution in [0.5, 0.6) is 0 Å². The number of fused-ring (bicyclic) bond motifs is 3. The average molecular weight is 434 g/mol. The van der Waals surface area contributed by atoms with Gasteiger partial charge in [-0.15, -0.1) is 11.3 Å². The van der Waals surface area contributed by atoms with Crippen LogP contribution in [0.25, 0.3) is 10.2 Å². The Labute approximate surface area is 185 Å². The van der Waals surface area contributed by atoms with Crippen LogP contribution in [0.15, 0.2) is 47.8 Å². The molecule has 3 aromatic heterocycles. The summed E-state index contributed by atoms with van der Waals surface area (Å²) in [6, 6.07) is 8.78. The molecule has 0 saturated carbocycles. The molecule has 0 fully saturated rings. The fraction of sp³-hybridized carbons (Fsp3) is 0.375. The first-order chi connectivity index (χ1) is 15.0. The molecule has 4 aromatic rings. The molecule has 0 N–H and O–H groups in total. The molecule has 1 aliphatic carbocycles. The lowest BCUT2D eigenvalue weighted by Crippen LogP contribution is -2.36. The SMILES string of the molecule is Cc1ccc(Cn2cnc3sc4c(c3c2=O)CCC(N(C)Cc2nccn2C)C4)cc1. The normalized spacial score (nSPS) is 16.2. The van der Waals surface area contributed by atoms with Crippen LogP contribution in [0.2, 0.25) is 0 Å². The molecule has 160 valence electrons. The number of hydrogen-bond donors (Lipinski definition) is 0. The van der Waals surface area contributed by atoms with Gasteiger partial charge in [-0.1, -0.05) is 29.8 Å². The first-order valence-corrected chi connectivity index (χ1v) is 11.5. The van der Waals surface area contributed by atoms with Crippen molar-refractivity contribution in [2.24, 2.45) is 7.05 Å². The highest BCUT2D eigenvalue weighted by Crippen LogP contribution is 2.35. The van der Waals surface area contributed by atoms with E-state index in [2.05, 4.69) is 57.7 Å². The number of likely N-dealkylation sites (N-methyl/N-ethyl adjacent to an activating group) is 1. The van der Waals surface area contributed by atoms with E-state index >= 15 is 0 Å². The Hall–Kier alpha value is -2.77. The van der Waals surface area contributed by atoms with Gasteiger partial charge in [-0.25, -0.2) is 9.97 Å². The van der Waals surface area contributed by atoms with Crippen LogP contribution >= 0.6 is 11.3 Å². The number of nitrogens with zero attached hydrogens (tertiary/aromatic N) is 5. The molecule has 0 bridgehead atoms. The molecule has 0 radical (unpaired) electrons. The second kappa shape index (κ2) is 8.05. The number of imidazole rings is 1. The van der Waals surface area contributed by atoms with Crippen LogP contribution in [0.4, 0.5) is 0 Å². The lowest BCUT2D eigenvalue weighted by Gasteiger charge is -2.30. The summed E-state index contributed by atoms with van der Waals surface area (Å²) in [7, 11) is 4.21. The average Bonchev–Trinajstić information content (AvgIpc) is 3.34.